The van der Waals surface area contributed by atoms with E-state index in [9.17, 15) is 0 Å². The van der Waals surface area contributed by atoms with Gasteiger partial charge in [-0.3, -0.25) is 4.68 Å². The topological polar surface area (TPSA) is 43.8 Å². The molecule has 18 heavy (non-hydrogen) atoms. The van der Waals surface area contributed by atoms with Gasteiger partial charge in [-0.2, -0.15) is 5.10 Å². The van der Waals surface area contributed by atoms with Gasteiger partial charge in [0.1, 0.15) is 5.15 Å². The van der Waals surface area contributed by atoms with Gasteiger partial charge in [0.25, 0.3) is 0 Å². The molecule has 0 spiro atoms. The number of halogens is 1. The van der Waals surface area contributed by atoms with Gasteiger partial charge in [-0.1, -0.05) is 48.9 Å². The SMILES string of the molecule is CCC(N)Cc1c(-c2ccccc2)nn(C)c1Cl. The normalized spacial score (nSPS) is 12.7. The molecule has 1 aromatic carbocycles. The van der Waals surface area contributed by atoms with E-state index in [4.69, 9.17) is 17.3 Å². The lowest BCUT2D eigenvalue weighted by Gasteiger charge is -2.09. The molecule has 0 saturated carbocycles. The standard InChI is InChI=1S/C14H18ClN3/c1-3-11(16)9-12-13(17-18(2)14(12)15)10-7-5-4-6-8-10/h4-8,11H,3,9,16H2,1-2H3. The molecule has 1 heterocycles. The summed E-state index contributed by atoms with van der Waals surface area (Å²) >= 11 is 6.31. The number of aryl methyl sites for hydroxylation is 1. The second-order valence-corrected chi connectivity index (χ2v) is 4.84. The largest absolute Gasteiger partial charge is 0.327 e. The second-order valence-electron chi connectivity index (χ2n) is 4.48. The van der Waals surface area contributed by atoms with E-state index in [2.05, 4.69) is 12.0 Å². The van der Waals surface area contributed by atoms with Gasteiger partial charge in [-0.25, -0.2) is 0 Å². The Balaban J connectivity index is 2.44. The Bertz CT molecular complexity index is 519. The zero-order chi connectivity index (χ0) is 13.1. The molecule has 1 unspecified atom stereocenters. The number of benzene rings is 1. The van der Waals surface area contributed by atoms with Crippen LogP contribution in [0, 0.1) is 0 Å². The Hall–Kier alpha value is -1.32. The maximum Gasteiger partial charge on any atom is 0.130 e. The van der Waals surface area contributed by atoms with E-state index in [0.717, 1.165) is 29.7 Å². The van der Waals surface area contributed by atoms with Crippen molar-refractivity contribution in [1.82, 2.24) is 9.78 Å². The Kier molecular flexibility index (Phi) is 4.04. The summed E-state index contributed by atoms with van der Waals surface area (Å²) < 4.78 is 1.71. The maximum absolute atomic E-state index is 6.31. The molecular formula is C14H18ClN3. The second kappa shape index (κ2) is 5.55. The lowest BCUT2D eigenvalue weighted by Crippen LogP contribution is -2.21. The van der Waals surface area contributed by atoms with Crippen LogP contribution in [0.4, 0.5) is 0 Å². The number of hydrogen-bond donors (Lipinski definition) is 1. The average molecular weight is 264 g/mol. The number of rotatable bonds is 4. The van der Waals surface area contributed by atoms with Gasteiger partial charge in [0, 0.05) is 24.2 Å². The van der Waals surface area contributed by atoms with Crippen LogP contribution in [0.25, 0.3) is 11.3 Å². The van der Waals surface area contributed by atoms with Crippen LogP contribution in [0.2, 0.25) is 5.15 Å². The molecule has 0 fully saturated rings. The average Bonchev–Trinajstić information content (AvgIpc) is 2.68. The minimum Gasteiger partial charge on any atom is -0.327 e. The third kappa shape index (κ3) is 2.57. The fourth-order valence-electron chi connectivity index (χ4n) is 1.96. The molecule has 0 aliphatic carbocycles. The zero-order valence-corrected chi connectivity index (χ0v) is 11.5. The number of aromatic nitrogens is 2. The molecular weight excluding hydrogens is 246 g/mol. The van der Waals surface area contributed by atoms with Crippen LogP contribution in [0.5, 0.6) is 0 Å². The van der Waals surface area contributed by atoms with Gasteiger partial charge in [-0.15, -0.1) is 0 Å². The van der Waals surface area contributed by atoms with E-state index in [1.54, 1.807) is 4.68 Å². The fourth-order valence-corrected chi connectivity index (χ4v) is 2.17. The summed E-state index contributed by atoms with van der Waals surface area (Å²) in [7, 11) is 1.86. The van der Waals surface area contributed by atoms with Crippen LogP contribution in [-0.4, -0.2) is 15.8 Å². The Labute approximate surface area is 113 Å². The Morgan fingerprint density at radius 3 is 2.61 bits per heavy atom. The highest BCUT2D eigenvalue weighted by molar-refractivity contribution is 6.30. The molecule has 3 nitrogen and oxygen atoms in total. The molecule has 0 aliphatic heterocycles. The van der Waals surface area contributed by atoms with Gasteiger partial charge in [-0.05, 0) is 12.8 Å². The molecule has 2 rings (SSSR count). The number of nitrogens with zero attached hydrogens (tertiary/aromatic N) is 2. The van der Waals surface area contributed by atoms with Crippen LogP contribution in [0.1, 0.15) is 18.9 Å². The third-order valence-electron chi connectivity index (χ3n) is 3.11. The fraction of sp³-hybridized carbons (Fsp3) is 0.357. The maximum atomic E-state index is 6.31. The minimum atomic E-state index is 0.120. The van der Waals surface area contributed by atoms with E-state index in [1.165, 1.54) is 0 Å². The monoisotopic (exact) mass is 263 g/mol. The summed E-state index contributed by atoms with van der Waals surface area (Å²) in [5.74, 6) is 0. The summed E-state index contributed by atoms with van der Waals surface area (Å²) in [6.45, 7) is 2.08. The third-order valence-corrected chi connectivity index (χ3v) is 3.58. The summed E-state index contributed by atoms with van der Waals surface area (Å²) in [5.41, 5.74) is 9.09. The molecule has 1 aromatic heterocycles. The van der Waals surface area contributed by atoms with Crippen LogP contribution < -0.4 is 5.73 Å². The first-order valence-electron chi connectivity index (χ1n) is 6.15. The van der Waals surface area contributed by atoms with Gasteiger partial charge in [0.15, 0.2) is 0 Å². The molecule has 96 valence electrons. The summed E-state index contributed by atoms with van der Waals surface area (Å²) in [5, 5.41) is 5.18. The highest BCUT2D eigenvalue weighted by Gasteiger charge is 2.17. The molecule has 2 N–H and O–H groups in total. The zero-order valence-electron chi connectivity index (χ0n) is 10.7. The van der Waals surface area contributed by atoms with Crippen LogP contribution >= 0.6 is 11.6 Å². The quantitative estimate of drug-likeness (QED) is 0.922. The number of nitrogens with two attached hydrogens (primary N) is 1. The van der Waals surface area contributed by atoms with E-state index >= 15 is 0 Å². The first kappa shape index (κ1) is 13.1. The molecule has 0 bridgehead atoms. The van der Waals surface area contributed by atoms with Crippen molar-refractivity contribution in [2.75, 3.05) is 0 Å². The van der Waals surface area contributed by atoms with Crippen LogP contribution in [-0.2, 0) is 13.5 Å². The molecule has 0 radical (unpaired) electrons. The van der Waals surface area contributed by atoms with Crippen molar-refractivity contribution in [2.45, 2.75) is 25.8 Å². The lowest BCUT2D eigenvalue weighted by atomic mass is 10.0. The Morgan fingerprint density at radius 1 is 1.33 bits per heavy atom. The van der Waals surface area contributed by atoms with Crippen molar-refractivity contribution in [1.29, 1.82) is 0 Å². The highest BCUT2D eigenvalue weighted by atomic mass is 35.5. The molecule has 0 saturated heterocycles. The van der Waals surface area contributed by atoms with Gasteiger partial charge >= 0.3 is 0 Å². The van der Waals surface area contributed by atoms with Crippen LogP contribution in [0.3, 0.4) is 0 Å². The molecule has 2 aromatic rings. The van der Waals surface area contributed by atoms with E-state index in [-0.39, 0.29) is 6.04 Å². The summed E-state index contributed by atoms with van der Waals surface area (Å²) in [4.78, 5) is 0. The first-order valence-corrected chi connectivity index (χ1v) is 6.53. The lowest BCUT2D eigenvalue weighted by molar-refractivity contribution is 0.646. The van der Waals surface area contributed by atoms with E-state index in [0.29, 0.717) is 5.15 Å². The van der Waals surface area contributed by atoms with Crippen molar-refractivity contribution in [2.24, 2.45) is 12.8 Å². The summed E-state index contributed by atoms with van der Waals surface area (Å²) in [6, 6.07) is 10.2. The number of hydrogen-bond acceptors (Lipinski definition) is 2. The predicted molar refractivity (Wildman–Crippen MR) is 75.6 cm³/mol. The van der Waals surface area contributed by atoms with Gasteiger partial charge in [0.05, 0.1) is 5.69 Å². The molecule has 0 aliphatic rings. The van der Waals surface area contributed by atoms with Crippen molar-refractivity contribution in [3.05, 3.63) is 41.0 Å². The molecule has 0 amide bonds. The van der Waals surface area contributed by atoms with Gasteiger partial charge in [0.2, 0.25) is 0 Å². The Morgan fingerprint density at radius 2 is 2.00 bits per heavy atom. The van der Waals surface area contributed by atoms with E-state index in [1.807, 2.05) is 37.4 Å². The van der Waals surface area contributed by atoms with Crippen molar-refractivity contribution in [3.8, 4) is 11.3 Å². The molecule has 4 heteroatoms. The summed E-state index contributed by atoms with van der Waals surface area (Å²) in [6.07, 6.45) is 1.69. The van der Waals surface area contributed by atoms with E-state index < -0.39 is 0 Å². The van der Waals surface area contributed by atoms with Crippen molar-refractivity contribution < 1.29 is 0 Å². The molecule has 1 atom stereocenters. The minimum absolute atomic E-state index is 0.120. The predicted octanol–water partition coefficient (Wildman–Crippen LogP) is 3.02. The first-order chi connectivity index (χ1) is 8.63. The smallest absolute Gasteiger partial charge is 0.130 e. The van der Waals surface area contributed by atoms with Gasteiger partial charge < -0.3 is 5.73 Å². The highest BCUT2D eigenvalue weighted by Crippen LogP contribution is 2.29. The van der Waals surface area contributed by atoms with Crippen LogP contribution in [0.15, 0.2) is 30.3 Å². The van der Waals surface area contributed by atoms with Crippen molar-refractivity contribution in [3.63, 3.8) is 0 Å². The van der Waals surface area contributed by atoms with Crippen molar-refractivity contribution >= 4 is 11.6 Å².